The van der Waals surface area contributed by atoms with Gasteiger partial charge in [-0.3, -0.25) is 0 Å². The van der Waals surface area contributed by atoms with Gasteiger partial charge in [0.15, 0.2) is 0 Å². The number of rotatable bonds is 3. The van der Waals surface area contributed by atoms with E-state index in [1.165, 1.54) is 6.07 Å². The van der Waals surface area contributed by atoms with Gasteiger partial charge in [0.1, 0.15) is 11.9 Å². The van der Waals surface area contributed by atoms with E-state index in [-0.39, 0.29) is 12.0 Å². The van der Waals surface area contributed by atoms with E-state index in [0.29, 0.717) is 45.0 Å². The van der Waals surface area contributed by atoms with Crippen LogP contribution in [-0.4, -0.2) is 42.4 Å². The highest BCUT2D eigenvalue weighted by Crippen LogP contribution is 2.31. The SMILES string of the molecule is FC(F)(F)c1nc(OC2CCOCC2)cc(N2CCCC2)n1. The number of ether oxygens (including phenoxy) is 2. The van der Waals surface area contributed by atoms with Gasteiger partial charge in [0.05, 0.1) is 13.2 Å². The van der Waals surface area contributed by atoms with E-state index >= 15 is 0 Å². The lowest BCUT2D eigenvalue weighted by molar-refractivity contribution is -0.145. The van der Waals surface area contributed by atoms with Gasteiger partial charge in [-0.05, 0) is 12.8 Å². The van der Waals surface area contributed by atoms with Crippen molar-refractivity contribution in [3.05, 3.63) is 11.9 Å². The lowest BCUT2D eigenvalue weighted by Crippen LogP contribution is -2.27. The zero-order valence-electron chi connectivity index (χ0n) is 12.1. The number of hydrogen-bond acceptors (Lipinski definition) is 5. The van der Waals surface area contributed by atoms with E-state index in [1.54, 1.807) is 0 Å². The molecule has 122 valence electrons. The lowest BCUT2D eigenvalue weighted by Gasteiger charge is -2.24. The molecule has 3 rings (SSSR count). The fourth-order valence-corrected chi connectivity index (χ4v) is 2.67. The highest BCUT2D eigenvalue weighted by atomic mass is 19.4. The maximum absolute atomic E-state index is 13.0. The Morgan fingerprint density at radius 3 is 2.45 bits per heavy atom. The van der Waals surface area contributed by atoms with Gasteiger partial charge >= 0.3 is 6.18 Å². The van der Waals surface area contributed by atoms with Crippen LogP contribution in [0.2, 0.25) is 0 Å². The van der Waals surface area contributed by atoms with Crippen LogP contribution in [0, 0.1) is 0 Å². The monoisotopic (exact) mass is 317 g/mol. The molecule has 0 aliphatic carbocycles. The second-order valence-corrected chi connectivity index (χ2v) is 5.51. The molecule has 0 bridgehead atoms. The van der Waals surface area contributed by atoms with Crippen molar-refractivity contribution < 1.29 is 22.6 Å². The molecule has 2 aliphatic rings. The molecule has 0 saturated carbocycles. The second kappa shape index (κ2) is 6.28. The van der Waals surface area contributed by atoms with Crippen molar-refractivity contribution in [3.63, 3.8) is 0 Å². The summed E-state index contributed by atoms with van der Waals surface area (Å²) in [6.07, 6.45) is -1.50. The number of aromatic nitrogens is 2. The Morgan fingerprint density at radius 1 is 1.14 bits per heavy atom. The van der Waals surface area contributed by atoms with E-state index in [0.717, 1.165) is 12.8 Å². The van der Waals surface area contributed by atoms with E-state index in [4.69, 9.17) is 9.47 Å². The number of anilines is 1. The molecule has 1 aromatic rings. The normalized spacial score (nSPS) is 20.4. The van der Waals surface area contributed by atoms with Crippen molar-refractivity contribution in [1.29, 1.82) is 0 Å². The van der Waals surface area contributed by atoms with Crippen LogP contribution in [0.15, 0.2) is 6.07 Å². The Bertz CT molecular complexity index is 513. The molecule has 5 nitrogen and oxygen atoms in total. The maximum atomic E-state index is 13.0. The number of hydrogen-bond donors (Lipinski definition) is 0. The van der Waals surface area contributed by atoms with Crippen molar-refractivity contribution in [1.82, 2.24) is 9.97 Å². The van der Waals surface area contributed by atoms with Gasteiger partial charge in [0.25, 0.3) is 0 Å². The molecule has 0 amide bonds. The van der Waals surface area contributed by atoms with Crippen LogP contribution < -0.4 is 9.64 Å². The van der Waals surface area contributed by atoms with Gasteiger partial charge in [-0.1, -0.05) is 0 Å². The Balaban J connectivity index is 1.85. The molecule has 2 aliphatic heterocycles. The molecule has 0 spiro atoms. The summed E-state index contributed by atoms with van der Waals surface area (Å²) < 4.78 is 49.8. The first-order valence-electron chi connectivity index (χ1n) is 7.48. The van der Waals surface area contributed by atoms with Crippen molar-refractivity contribution >= 4 is 5.82 Å². The van der Waals surface area contributed by atoms with Crippen LogP contribution in [0.3, 0.4) is 0 Å². The summed E-state index contributed by atoms with van der Waals surface area (Å²) >= 11 is 0. The predicted molar refractivity (Wildman–Crippen MR) is 73.0 cm³/mol. The Morgan fingerprint density at radius 2 is 1.82 bits per heavy atom. The molecular weight excluding hydrogens is 299 g/mol. The summed E-state index contributed by atoms with van der Waals surface area (Å²) in [7, 11) is 0. The molecule has 0 unspecified atom stereocenters. The van der Waals surface area contributed by atoms with Crippen LogP contribution >= 0.6 is 0 Å². The Labute approximate surface area is 126 Å². The third-order valence-corrected chi connectivity index (χ3v) is 3.83. The Kier molecular flexibility index (Phi) is 4.37. The van der Waals surface area contributed by atoms with Gasteiger partial charge in [-0.15, -0.1) is 0 Å². The maximum Gasteiger partial charge on any atom is 0.451 e. The summed E-state index contributed by atoms with van der Waals surface area (Å²) in [5.41, 5.74) is 0. The standard InChI is InChI=1S/C14H18F3N3O2/c15-14(16,17)13-18-11(20-5-1-2-6-20)9-12(19-13)22-10-3-7-21-8-4-10/h9-10H,1-8H2. The fraction of sp³-hybridized carbons (Fsp3) is 0.714. The highest BCUT2D eigenvalue weighted by Gasteiger charge is 2.36. The third kappa shape index (κ3) is 3.60. The van der Waals surface area contributed by atoms with E-state index < -0.39 is 12.0 Å². The van der Waals surface area contributed by atoms with Crippen molar-refractivity contribution in [2.45, 2.75) is 38.0 Å². The lowest BCUT2D eigenvalue weighted by atomic mass is 10.1. The average molecular weight is 317 g/mol. The van der Waals surface area contributed by atoms with E-state index in [9.17, 15) is 13.2 Å². The fourth-order valence-electron chi connectivity index (χ4n) is 2.67. The largest absolute Gasteiger partial charge is 0.474 e. The number of alkyl halides is 3. The van der Waals surface area contributed by atoms with Crippen LogP contribution in [0.4, 0.5) is 19.0 Å². The minimum Gasteiger partial charge on any atom is -0.474 e. The van der Waals surface area contributed by atoms with Gasteiger partial charge in [-0.2, -0.15) is 18.2 Å². The predicted octanol–water partition coefficient (Wildman–Crippen LogP) is 2.65. The zero-order valence-corrected chi connectivity index (χ0v) is 12.1. The van der Waals surface area contributed by atoms with Gasteiger partial charge < -0.3 is 14.4 Å². The average Bonchev–Trinajstić information content (AvgIpc) is 3.01. The van der Waals surface area contributed by atoms with Crippen molar-refractivity contribution in [2.24, 2.45) is 0 Å². The first kappa shape index (κ1) is 15.3. The van der Waals surface area contributed by atoms with Crippen LogP contribution in [0.25, 0.3) is 0 Å². The first-order chi connectivity index (χ1) is 10.5. The molecule has 0 radical (unpaired) electrons. The molecule has 0 aromatic carbocycles. The molecule has 2 fully saturated rings. The summed E-state index contributed by atoms with van der Waals surface area (Å²) in [5.74, 6) is -0.850. The molecule has 0 atom stereocenters. The zero-order chi connectivity index (χ0) is 15.6. The van der Waals surface area contributed by atoms with Gasteiger partial charge in [0.2, 0.25) is 11.7 Å². The Hall–Kier alpha value is -1.57. The van der Waals surface area contributed by atoms with Crippen LogP contribution in [0.1, 0.15) is 31.5 Å². The van der Waals surface area contributed by atoms with Crippen molar-refractivity contribution in [2.75, 3.05) is 31.2 Å². The quantitative estimate of drug-likeness (QED) is 0.858. The second-order valence-electron chi connectivity index (χ2n) is 5.51. The highest BCUT2D eigenvalue weighted by molar-refractivity contribution is 5.43. The number of nitrogens with zero attached hydrogens (tertiary/aromatic N) is 3. The molecule has 1 aromatic heterocycles. The van der Waals surface area contributed by atoms with Gasteiger partial charge in [0, 0.05) is 32.0 Å². The van der Waals surface area contributed by atoms with E-state index in [1.807, 2.05) is 4.90 Å². The van der Waals surface area contributed by atoms with Gasteiger partial charge in [-0.25, -0.2) is 4.98 Å². The molecule has 0 N–H and O–H groups in total. The molecular formula is C14H18F3N3O2. The number of halogens is 3. The molecule has 2 saturated heterocycles. The third-order valence-electron chi connectivity index (χ3n) is 3.83. The first-order valence-corrected chi connectivity index (χ1v) is 7.48. The van der Waals surface area contributed by atoms with E-state index in [2.05, 4.69) is 9.97 Å². The van der Waals surface area contributed by atoms with Crippen molar-refractivity contribution in [3.8, 4) is 5.88 Å². The summed E-state index contributed by atoms with van der Waals surface area (Å²) in [5, 5.41) is 0. The molecule has 3 heterocycles. The minimum atomic E-state index is -4.58. The topological polar surface area (TPSA) is 47.5 Å². The molecule has 8 heteroatoms. The van der Waals surface area contributed by atoms with Crippen LogP contribution in [-0.2, 0) is 10.9 Å². The summed E-state index contributed by atoms with van der Waals surface area (Å²) in [6, 6.07) is 1.51. The smallest absolute Gasteiger partial charge is 0.451 e. The van der Waals surface area contributed by atoms with Crippen LogP contribution in [0.5, 0.6) is 5.88 Å². The minimum absolute atomic E-state index is 0.00359. The summed E-state index contributed by atoms with van der Waals surface area (Å²) in [4.78, 5) is 9.05. The molecule has 22 heavy (non-hydrogen) atoms. The summed E-state index contributed by atoms with van der Waals surface area (Å²) in [6.45, 7) is 2.54.